The van der Waals surface area contributed by atoms with Crippen molar-refractivity contribution in [2.45, 2.75) is 0 Å². The Morgan fingerprint density at radius 1 is 1.67 bits per heavy atom. The van der Waals surface area contributed by atoms with Crippen molar-refractivity contribution >= 4 is 11.6 Å². The number of aromatic nitrogens is 1. The molecule has 0 saturated carbocycles. The average Bonchev–Trinajstić information content (AvgIpc) is 1.64. The van der Waals surface area contributed by atoms with Crippen LogP contribution in [0.15, 0.2) is 12.1 Å². The molecule has 4 heteroatoms. The van der Waals surface area contributed by atoms with E-state index in [9.17, 15) is 4.39 Å². The van der Waals surface area contributed by atoms with Crippen LogP contribution in [0.3, 0.4) is 0 Å². The monoisotopic (exact) mass is 219 g/mol. The van der Waals surface area contributed by atoms with Crippen LogP contribution in [-0.4, -0.2) is 4.98 Å². The quantitative estimate of drug-likeness (QED) is 0.478. The fraction of sp³-hybridized carbons (Fsp3) is 0. The number of pyridine rings is 1. The van der Waals surface area contributed by atoms with Crippen LogP contribution in [0.4, 0.5) is 4.39 Å². The van der Waals surface area contributed by atoms with E-state index >= 15 is 0 Å². The second-order valence-electron chi connectivity index (χ2n) is 1.20. The van der Waals surface area contributed by atoms with E-state index in [1.54, 1.807) is 0 Å². The van der Waals surface area contributed by atoms with E-state index in [2.05, 4.69) is 11.1 Å². The fourth-order valence-electron chi connectivity index (χ4n) is 0.343. The molecular formula is C5H2ClFNY-. The van der Waals surface area contributed by atoms with Gasteiger partial charge < -0.3 is 0 Å². The van der Waals surface area contributed by atoms with Crippen LogP contribution in [0.1, 0.15) is 0 Å². The van der Waals surface area contributed by atoms with Gasteiger partial charge in [-0.3, -0.25) is 0 Å². The summed E-state index contributed by atoms with van der Waals surface area (Å²) in [5, 5.41) is 0.0602. The Balaban J connectivity index is 0.000000640. The summed E-state index contributed by atoms with van der Waals surface area (Å²) < 4.78 is 12.0. The first kappa shape index (κ1) is 9.47. The Labute approximate surface area is 82.5 Å². The van der Waals surface area contributed by atoms with Gasteiger partial charge in [-0.2, -0.15) is 6.07 Å². The maximum atomic E-state index is 12.0. The van der Waals surface area contributed by atoms with Crippen LogP contribution in [-0.2, 0) is 32.7 Å². The summed E-state index contributed by atoms with van der Waals surface area (Å²) in [6.45, 7) is 0. The van der Waals surface area contributed by atoms with E-state index in [4.69, 9.17) is 11.6 Å². The molecule has 1 nitrogen and oxygen atoms in total. The zero-order valence-corrected chi connectivity index (χ0v) is 8.03. The first-order valence-electron chi connectivity index (χ1n) is 1.99. The third-order valence-corrected chi connectivity index (χ3v) is 0.822. The Morgan fingerprint density at radius 2 is 2.33 bits per heavy atom. The average molecular weight is 219 g/mol. The molecule has 0 N–H and O–H groups in total. The predicted octanol–water partition coefficient (Wildman–Crippen LogP) is 1.67. The van der Waals surface area contributed by atoms with Crippen molar-refractivity contribution in [3.8, 4) is 0 Å². The van der Waals surface area contributed by atoms with E-state index in [0.717, 1.165) is 0 Å². The van der Waals surface area contributed by atoms with Gasteiger partial charge in [-0.1, -0.05) is 11.6 Å². The molecule has 0 spiro atoms. The van der Waals surface area contributed by atoms with Crippen LogP contribution < -0.4 is 0 Å². The maximum Gasteiger partial charge on any atom is 0.131 e. The van der Waals surface area contributed by atoms with Gasteiger partial charge >= 0.3 is 0 Å². The molecule has 0 aliphatic heterocycles. The number of hydrogen-bond acceptors (Lipinski definition) is 1. The van der Waals surface area contributed by atoms with E-state index in [1.807, 2.05) is 0 Å². The first-order valence-corrected chi connectivity index (χ1v) is 2.36. The van der Waals surface area contributed by atoms with Gasteiger partial charge in [0.15, 0.2) is 0 Å². The van der Waals surface area contributed by atoms with E-state index in [1.165, 1.54) is 12.1 Å². The molecule has 0 atom stereocenters. The van der Waals surface area contributed by atoms with Crippen molar-refractivity contribution in [1.82, 2.24) is 4.98 Å². The number of hydrogen-bond donors (Lipinski definition) is 0. The van der Waals surface area contributed by atoms with E-state index in [0.29, 0.717) is 0 Å². The molecule has 1 aromatic heterocycles. The minimum Gasteiger partial charge on any atom is -0.246 e. The first-order chi connectivity index (χ1) is 3.79. The van der Waals surface area contributed by atoms with Crippen LogP contribution in [0.5, 0.6) is 0 Å². The summed E-state index contributed by atoms with van der Waals surface area (Å²) in [6, 6.07) is 5.05. The summed E-state index contributed by atoms with van der Waals surface area (Å²) in [5.74, 6) is -0.575. The largest absolute Gasteiger partial charge is 0.246 e. The maximum absolute atomic E-state index is 12.0. The third-order valence-electron chi connectivity index (χ3n) is 0.628. The molecule has 0 fully saturated rings. The summed E-state index contributed by atoms with van der Waals surface area (Å²) in [4.78, 5) is 3.22. The Bertz CT molecular complexity index is 177. The smallest absolute Gasteiger partial charge is 0.131 e. The normalized spacial score (nSPS) is 8.22. The summed E-state index contributed by atoms with van der Waals surface area (Å²) in [7, 11) is 0. The molecule has 0 aliphatic carbocycles. The van der Waals surface area contributed by atoms with E-state index < -0.39 is 5.95 Å². The molecule has 0 bridgehead atoms. The summed E-state index contributed by atoms with van der Waals surface area (Å²) in [5.41, 5.74) is 0. The van der Waals surface area contributed by atoms with Gasteiger partial charge in [0.05, 0.1) is 0 Å². The Hall–Kier alpha value is 0.474. The van der Waals surface area contributed by atoms with Crippen LogP contribution >= 0.6 is 11.6 Å². The molecule has 1 radical (unpaired) electrons. The van der Waals surface area contributed by atoms with Gasteiger partial charge in [0.2, 0.25) is 0 Å². The second kappa shape index (κ2) is 4.31. The van der Waals surface area contributed by atoms with E-state index in [-0.39, 0.29) is 37.9 Å². The molecule has 0 unspecified atom stereocenters. The molecule has 1 aromatic rings. The Kier molecular flexibility index (Phi) is 4.54. The molecule has 45 valence electrons. The fourth-order valence-corrected chi connectivity index (χ4v) is 0.486. The van der Waals surface area contributed by atoms with Crippen molar-refractivity contribution in [2.75, 3.05) is 0 Å². The number of nitrogens with zero attached hydrogens (tertiary/aromatic N) is 1. The summed E-state index contributed by atoms with van der Waals surface area (Å²) >= 11 is 5.24. The minimum atomic E-state index is -0.575. The molecule has 0 aliphatic rings. The summed E-state index contributed by atoms with van der Waals surface area (Å²) in [6.07, 6.45) is 0. The number of halogens is 2. The molecule has 1 rings (SSSR count). The van der Waals surface area contributed by atoms with Crippen LogP contribution in [0.2, 0.25) is 5.15 Å². The van der Waals surface area contributed by atoms with Gasteiger partial charge in [0, 0.05) is 37.9 Å². The van der Waals surface area contributed by atoms with Crippen molar-refractivity contribution in [3.05, 3.63) is 29.3 Å². The van der Waals surface area contributed by atoms with Crippen molar-refractivity contribution in [3.63, 3.8) is 0 Å². The van der Waals surface area contributed by atoms with Gasteiger partial charge in [-0.15, -0.1) is 0 Å². The topological polar surface area (TPSA) is 12.9 Å². The van der Waals surface area contributed by atoms with Gasteiger partial charge in [-0.05, 0) is 0 Å². The van der Waals surface area contributed by atoms with Gasteiger partial charge in [0.1, 0.15) is 5.95 Å². The van der Waals surface area contributed by atoms with Gasteiger partial charge in [-0.25, -0.2) is 21.5 Å². The van der Waals surface area contributed by atoms with Crippen molar-refractivity contribution in [1.29, 1.82) is 0 Å². The Morgan fingerprint density at radius 3 is 2.67 bits per heavy atom. The molecule has 0 amide bonds. The molecular weight excluding hydrogens is 217 g/mol. The minimum absolute atomic E-state index is 0. The van der Waals surface area contributed by atoms with Crippen LogP contribution in [0.25, 0.3) is 0 Å². The second-order valence-corrected chi connectivity index (χ2v) is 1.56. The molecule has 1 heterocycles. The zero-order chi connectivity index (χ0) is 5.98. The predicted molar refractivity (Wildman–Crippen MR) is 28.0 cm³/mol. The zero-order valence-electron chi connectivity index (χ0n) is 4.44. The molecule has 9 heavy (non-hydrogen) atoms. The van der Waals surface area contributed by atoms with Gasteiger partial charge in [0.25, 0.3) is 0 Å². The number of rotatable bonds is 0. The van der Waals surface area contributed by atoms with Crippen molar-refractivity contribution < 1.29 is 37.1 Å². The third kappa shape index (κ3) is 3.24. The SMILES string of the molecule is Fc1cc[c-]c(Cl)n1.[Y]. The van der Waals surface area contributed by atoms with Crippen LogP contribution in [0, 0.1) is 12.0 Å². The molecule has 0 saturated heterocycles. The standard InChI is InChI=1S/C5H2ClFN.Y/c6-4-2-1-3-5(7)8-4;/h1,3H;/q-1;. The van der Waals surface area contributed by atoms with Crippen molar-refractivity contribution in [2.24, 2.45) is 0 Å². The molecule has 0 aromatic carbocycles.